The number of allylic oxidation sites excluding steroid dienone is 2. The number of thiophene rings is 1. The lowest BCUT2D eigenvalue weighted by atomic mass is 10.2. The fourth-order valence-corrected chi connectivity index (χ4v) is 1.52. The Bertz CT molecular complexity index is 435. The van der Waals surface area contributed by atoms with Gasteiger partial charge in [-0.3, -0.25) is 4.79 Å². The van der Waals surface area contributed by atoms with Crippen molar-refractivity contribution in [2.45, 2.75) is 12.1 Å². The number of ketones is 1. The SMILES string of the molecule is NC(=CC(=O)c1cccs1)C(F)(F)C(F)(F)F. The Balaban J connectivity index is 2.98. The molecule has 0 saturated heterocycles. The number of alkyl halides is 5. The molecule has 0 aromatic carbocycles. The Hall–Kier alpha value is -1.44. The normalized spacial score (nSPS) is 13.8. The molecule has 94 valence electrons. The van der Waals surface area contributed by atoms with Crippen LogP contribution in [0.5, 0.6) is 0 Å². The number of nitrogens with two attached hydrogens (primary N) is 1. The molecule has 0 atom stereocenters. The van der Waals surface area contributed by atoms with E-state index in [4.69, 9.17) is 0 Å². The van der Waals surface area contributed by atoms with E-state index >= 15 is 0 Å². The molecule has 1 aromatic rings. The number of rotatable bonds is 3. The molecule has 2 nitrogen and oxygen atoms in total. The van der Waals surface area contributed by atoms with E-state index in [0.29, 0.717) is 0 Å². The van der Waals surface area contributed by atoms with Crippen LogP contribution in [0.1, 0.15) is 9.67 Å². The topological polar surface area (TPSA) is 43.1 Å². The highest BCUT2D eigenvalue weighted by Gasteiger charge is 2.59. The summed E-state index contributed by atoms with van der Waals surface area (Å²) in [7, 11) is 0. The summed E-state index contributed by atoms with van der Waals surface area (Å²) in [5.74, 6) is -6.19. The summed E-state index contributed by atoms with van der Waals surface area (Å²) in [4.78, 5) is 11.3. The number of carbonyl (C=O) groups is 1. The van der Waals surface area contributed by atoms with E-state index in [1.807, 2.05) is 0 Å². The molecule has 0 bridgehead atoms. The number of halogens is 5. The zero-order chi connectivity index (χ0) is 13.3. The monoisotopic (exact) mass is 271 g/mol. The molecule has 1 rings (SSSR count). The third-order valence-corrected chi connectivity index (χ3v) is 2.65. The molecule has 0 radical (unpaired) electrons. The summed E-state index contributed by atoms with van der Waals surface area (Å²) in [5.41, 5.74) is 2.80. The summed E-state index contributed by atoms with van der Waals surface area (Å²) >= 11 is 0.915. The third kappa shape index (κ3) is 2.82. The van der Waals surface area contributed by atoms with Crippen molar-refractivity contribution in [2.24, 2.45) is 5.73 Å². The first-order chi connectivity index (χ1) is 7.66. The molecule has 8 heteroatoms. The molecule has 0 fully saturated rings. The zero-order valence-corrected chi connectivity index (χ0v) is 8.91. The molecule has 0 spiro atoms. The average molecular weight is 271 g/mol. The van der Waals surface area contributed by atoms with Crippen molar-refractivity contribution in [3.05, 3.63) is 34.2 Å². The van der Waals surface area contributed by atoms with Crippen molar-refractivity contribution in [3.8, 4) is 0 Å². The van der Waals surface area contributed by atoms with Crippen LogP contribution in [0, 0.1) is 0 Å². The van der Waals surface area contributed by atoms with Crippen LogP contribution in [0.4, 0.5) is 22.0 Å². The maximum absolute atomic E-state index is 12.7. The van der Waals surface area contributed by atoms with Gasteiger partial charge in [-0.15, -0.1) is 11.3 Å². The molecule has 1 aromatic heterocycles. The Morgan fingerprint density at radius 3 is 2.29 bits per heavy atom. The summed E-state index contributed by atoms with van der Waals surface area (Å²) in [5, 5.41) is 1.49. The second-order valence-corrected chi connectivity index (χ2v) is 3.96. The van der Waals surface area contributed by atoms with E-state index in [-0.39, 0.29) is 11.0 Å². The Morgan fingerprint density at radius 1 is 1.29 bits per heavy atom. The lowest BCUT2D eigenvalue weighted by Crippen LogP contribution is -2.41. The minimum Gasteiger partial charge on any atom is -0.397 e. The van der Waals surface area contributed by atoms with Crippen LogP contribution in [-0.2, 0) is 0 Å². The fraction of sp³-hybridized carbons (Fsp3) is 0.222. The molecular weight excluding hydrogens is 265 g/mol. The van der Waals surface area contributed by atoms with Crippen LogP contribution in [0.3, 0.4) is 0 Å². The van der Waals surface area contributed by atoms with Crippen molar-refractivity contribution < 1.29 is 26.7 Å². The molecule has 2 N–H and O–H groups in total. The van der Waals surface area contributed by atoms with E-state index in [2.05, 4.69) is 5.73 Å². The second kappa shape index (κ2) is 4.44. The largest absolute Gasteiger partial charge is 0.459 e. The van der Waals surface area contributed by atoms with Gasteiger partial charge < -0.3 is 5.73 Å². The molecule has 0 aliphatic rings. The van der Waals surface area contributed by atoms with E-state index in [1.54, 1.807) is 0 Å². The standard InChI is InChI=1S/C9H6F5NOS/c10-8(11,9(12,13)14)7(15)4-5(16)6-2-1-3-17-6/h1-4H,15H2. The lowest BCUT2D eigenvalue weighted by Gasteiger charge is -2.19. The van der Waals surface area contributed by atoms with Crippen molar-refractivity contribution in [1.29, 1.82) is 0 Å². The molecule has 0 saturated carbocycles. The van der Waals surface area contributed by atoms with Crippen LogP contribution < -0.4 is 5.73 Å². The summed E-state index contributed by atoms with van der Waals surface area (Å²) in [6.07, 6.45) is -5.72. The molecule has 1 heterocycles. The maximum Gasteiger partial charge on any atom is 0.459 e. The van der Waals surface area contributed by atoms with Gasteiger partial charge in [0.1, 0.15) is 0 Å². The maximum atomic E-state index is 12.7. The van der Waals surface area contributed by atoms with Crippen molar-refractivity contribution in [2.75, 3.05) is 0 Å². The smallest absolute Gasteiger partial charge is 0.397 e. The highest BCUT2D eigenvalue weighted by atomic mass is 32.1. The number of hydrogen-bond donors (Lipinski definition) is 1. The zero-order valence-electron chi connectivity index (χ0n) is 8.09. The van der Waals surface area contributed by atoms with E-state index < -0.39 is 23.6 Å². The third-order valence-electron chi connectivity index (χ3n) is 1.77. The Kier molecular flexibility index (Phi) is 3.56. The van der Waals surface area contributed by atoms with E-state index in [9.17, 15) is 26.7 Å². The molecule has 0 unspecified atom stereocenters. The van der Waals surface area contributed by atoms with Gasteiger partial charge in [0.2, 0.25) is 0 Å². The van der Waals surface area contributed by atoms with Crippen LogP contribution in [0.2, 0.25) is 0 Å². The van der Waals surface area contributed by atoms with Gasteiger partial charge in [-0.05, 0) is 11.4 Å². The molecular formula is C9H6F5NOS. The predicted molar refractivity (Wildman–Crippen MR) is 51.9 cm³/mol. The van der Waals surface area contributed by atoms with Crippen LogP contribution >= 0.6 is 11.3 Å². The quantitative estimate of drug-likeness (QED) is 0.521. The van der Waals surface area contributed by atoms with E-state index in [1.165, 1.54) is 17.5 Å². The van der Waals surface area contributed by atoms with E-state index in [0.717, 1.165) is 11.3 Å². The first kappa shape index (κ1) is 13.6. The fourth-order valence-electron chi connectivity index (χ4n) is 0.885. The first-order valence-corrected chi connectivity index (χ1v) is 5.04. The summed E-state index contributed by atoms with van der Waals surface area (Å²) in [6, 6.07) is 2.76. The van der Waals surface area contributed by atoms with Crippen molar-refractivity contribution >= 4 is 17.1 Å². The highest BCUT2D eigenvalue weighted by Crippen LogP contribution is 2.39. The van der Waals surface area contributed by atoms with Crippen LogP contribution in [-0.4, -0.2) is 17.9 Å². The molecule has 0 amide bonds. The van der Waals surface area contributed by atoms with Gasteiger partial charge in [0.25, 0.3) is 0 Å². The first-order valence-electron chi connectivity index (χ1n) is 4.16. The summed E-state index contributed by atoms with van der Waals surface area (Å²) in [6.45, 7) is 0. The van der Waals surface area contributed by atoms with Gasteiger partial charge in [0, 0.05) is 6.08 Å². The lowest BCUT2D eigenvalue weighted by molar-refractivity contribution is -0.264. The molecule has 17 heavy (non-hydrogen) atoms. The number of hydrogen-bond acceptors (Lipinski definition) is 3. The van der Waals surface area contributed by atoms with Crippen molar-refractivity contribution in [3.63, 3.8) is 0 Å². The van der Waals surface area contributed by atoms with Gasteiger partial charge in [-0.25, -0.2) is 0 Å². The molecule has 0 aliphatic carbocycles. The van der Waals surface area contributed by atoms with Gasteiger partial charge in [-0.1, -0.05) is 6.07 Å². The predicted octanol–water partition coefficient (Wildman–Crippen LogP) is 2.97. The van der Waals surface area contributed by atoms with Gasteiger partial charge >= 0.3 is 12.1 Å². The van der Waals surface area contributed by atoms with Crippen molar-refractivity contribution in [1.82, 2.24) is 0 Å². The summed E-state index contributed by atoms with van der Waals surface area (Å²) < 4.78 is 61.0. The average Bonchev–Trinajstić information content (AvgIpc) is 2.68. The molecule has 0 aliphatic heterocycles. The van der Waals surface area contributed by atoms with Gasteiger partial charge in [0.05, 0.1) is 10.6 Å². The minimum absolute atomic E-state index is 0.0333. The Labute approximate surface area is 96.5 Å². The highest BCUT2D eigenvalue weighted by molar-refractivity contribution is 7.12. The number of carbonyl (C=O) groups excluding carboxylic acids is 1. The van der Waals surface area contributed by atoms with Crippen LogP contribution in [0.25, 0.3) is 0 Å². The Morgan fingerprint density at radius 2 is 1.88 bits per heavy atom. The second-order valence-electron chi connectivity index (χ2n) is 3.01. The minimum atomic E-state index is -5.82. The van der Waals surface area contributed by atoms with Crippen LogP contribution in [0.15, 0.2) is 29.3 Å². The van der Waals surface area contributed by atoms with Gasteiger partial charge in [-0.2, -0.15) is 22.0 Å². The van der Waals surface area contributed by atoms with Gasteiger partial charge in [0.15, 0.2) is 5.78 Å².